The summed E-state index contributed by atoms with van der Waals surface area (Å²) in [5, 5.41) is 0. The molecule has 0 aromatic heterocycles. The molecule has 0 spiro atoms. The molecule has 0 saturated heterocycles. The quantitative estimate of drug-likeness (QED) is 0.432. The highest BCUT2D eigenvalue weighted by Gasteiger charge is 2.36. The van der Waals surface area contributed by atoms with E-state index in [-0.39, 0.29) is 5.97 Å². The highest BCUT2D eigenvalue weighted by atomic mass is 28.4. The molecule has 16 heavy (non-hydrogen) atoms. The Balaban J connectivity index is 2.80. The molecule has 1 unspecified atom stereocenters. The van der Waals surface area contributed by atoms with E-state index in [1.807, 2.05) is 0 Å². The minimum absolute atomic E-state index is 0.190. The van der Waals surface area contributed by atoms with Gasteiger partial charge in [0.1, 0.15) is 0 Å². The highest BCUT2D eigenvalue weighted by molar-refractivity contribution is 6.69. The Kier molecular flexibility index (Phi) is 4.33. The number of carbonyl (C=O) groups is 1. The van der Waals surface area contributed by atoms with Crippen LogP contribution in [0.1, 0.15) is 25.7 Å². The van der Waals surface area contributed by atoms with Gasteiger partial charge in [0, 0.05) is 0 Å². The van der Waals surface area contributed by atoms with Gasteiger partial charge in [-0.3, -0.25) is 4.79 Å². The first-order chi connectivity index (χ1) is 7.37. The molecule has 1 rings (SSSR count). The number of hydrogen-bond acceptors (Lipinski definition) is 3. The van der Waals surface area contributed by atoms with Crippen LogP contribution in [0.2, 0.25) is 19.6 Å². The van der Waals surface area contributed by atoms with E-state index < -0.39 is 13.9 Å². The predicted octanol–water partition coefficient (Wildman–Crippen LogP) is 2.88. The fourth-order valence-electron chi connectivity index (χ4n) is 2.10. The van der Waals surface area contributed by atoms with Gasteiger partial charge in [-0.25, -0.2) is 0 Å². The summed E-state index contributed by atoms with van der Waals surface area (Å²) >= 11 is 0. The van der Waals surface area contributed by atoms with Gasteiger partial charge < -0.3 is 9.16 Å². The molecule has 0 aliphatic heterocycles. The first-order valence-corrected chi connectivity index (χ1v) is 9.22. The van der Waals surface area contributed by atoms with Crippen molar-refractivity contribution in [1.82, 2.24) is 0 Å². The zero-order valence-corrected chi connectivity index (χ0v) is 11.7. The molecule has 0 aromatic carbocycles. The lowest BCUT2D eigenvalue weighted by molar-refractivity contribution is -0.144. The Morgan fingerprint density at radius 2 is 2.12 bits per heavy atom. The fourth-order valence-corrected chi connectivity index (χ4v) is 3.56. The lowest BCUT2D eigenvalue weighted by atomic mass is 9.88. The molecule has 0 amide bonds. The zero-order chi connectivity index (χ0) is 12.2. The van der Waals surface area contributed by atoms with Crippen LogP contribution in [0.4, 0.5) is 0 Å². The monoisotopic (exact) mass is 242 g/mol. The van der Waals surface area contributed by atoms with Crippen LogP contribution in [-0.4, -0.2) is 27.0 Å². The standard InChI is InChI=1S/C12H22O3Si/c1-14-11(13)10-12(15-16(2,3)4)8-6-5-7-9-12/h6,8H,5,7,9-10H2,1-4H3. The van der Waals surface area contributed by atoms with Crippen LogP contribution in [0.5, 0.6) is 0 Å². The van der Waals surface area contributed by atoms with E-state index in [0.717, 1.165) is 19.3 Å². The van der Waals surface area contributed by atoms with Crippen molar-refractivity contribution in [3.63, 3.8) is 0 Å². The Morgan fingerprint density at radius 1 is 1.44 bits per heavy atom. The van der Waals surface area contributed by atoms with Gasteiger partial charge in [-0.1, -0.05) is 12.2 Å². The van der Waals surface area contributed by atoms with Crippen molar-refractivity contribution in [3.8, 4) is 0 Å². The second kappa shape index (κ2) is 5.14. The van der Waals surface area contributed by atoms with E-state index in [2.05, 4.69) is 31.8 Å². The number of hydrogen-bond donors (Lipinski definition) is 0. The van der Waals surface area contributed by atoms with E-state index in [0.29, 0.717) is 6.42 Å². The predicted molar refractivity (Wildman–Crippen MR) is 66.8 cm³/mol. The van der Waals surface area contributed by atoms with Crippen LogP contribution in [-0.2, 0) is 14.0 Å². The Morgan fingerprint density at radius 3 is 2.56 bits per heavy atom. The molecular formula is C12H22O3Si. The van der Waals surface area contributed by atoms with Gasteiger partial charge >= 0.3 is 5.97 Å². The average Bonchev–Trinajstić information content (AvgIpc) is 2.15. The molecular weight excluding hydrogens is 220 g/mol. The lowest BCUT2D eigenvalue weighted by Gasteiger charge is -2.38. The van der Waals surface area contributed by atoms with Crippen molar-refractivity contribution < 1.29 is 14.0 Å². The fraction of sp³-hybridized carbons (Fsp3) is 0.750. The second-order valence-corrected chi connectivity index (χ2v) is 9.76. The van der Waals surface area contributed by atoms with Gasteiger partial charge in [0.2, 0.25) is 0 Å². The third-order valence-corrected chi connectivity index (χ3v) is 3.59. The molecule has 0 fully saturated rings. The Hall–Kier alpha value is -0.613. The first-order valence-electron chi connectivity index (χ1n) is 5.82. The van der Waals surface area contributed by atoms with Gasteiger partial charge in [-0.05, 0) is 38.9 Å². The second-order valence-electron chi connectivity index (χ2n) is 5.33. The number of ether oxygens (including phenoxy) is 1. The summed E-state index contributed by atoms with van der Waals surface area (Å²) in [4.78, 5) is 11.5. The SMILES string of the molecule is COC(=O)CC1(O[Si](C)(C)C)C=CCCC1. The molecule has 1 aliphatic carbocycles. The maximum atomic E-state index is 11.5. The van der Waals surface area contributed by atoms with E-state index in [1.54, 1.807) is 0 Å². The van der Waals surface area contributed by atoms with Crippen molar-refractivity contribution in [1.29, 1.82) is 0 Å². The molecule has 0 bridgehead atoms. The van der Waals surface area contributed by atoms with Gasteiger partial charge in [0.05, 0.1) is 19.1 Å². The minimum atomic E-state index is -1.66. The highest BCUT2D eigenvalue weighted by Crippen LogP contribution is 2.32. The molecule has 4 heteroatoms. The molecule has 3 nitrogen and oxygen atoms in total. The average molecular weight is 242 g/mol. The van der Waals surface area contributed by atoms with Crippen LogP contribution in [0.15, 0.2) is 12.2 Å². The topological polar surface area (TPSA) is 35.5 Å². The third kappa shape index (κ3) is 4.10. The van der Waals surface area contributed by atoms with Crippen LogP contribution < -0.4 is 0 Å². The smallest absolute Gasteiger partial charge is 0.308 e. The molecule has 0 N–H and O–H groups in total. The molecule has 0 heterocycles. The zero-order valence-electron chi connectivity index (χ0n) is 10.7. The number of allylic oxidation sites excluding steroid dienone is 1. The molecule has 1 atom stereocenters. The van der Waals surface area contributed by atoms with Gasteiger partial charge in [0.25, 0.3) is 0 Å². The Labute approximate surface area is 99.0 Å². The largest absolute Gasteiger partial charge is 0.469 e. The van der Waals surface area contributed by atoms with Crippen LogP contribution in [0.25, 0.3) is 0 Å². The summed E-state index contributed by atoms with van der Waals surface area (Å²) in [6.45, 7) is 6.44. The lowest BCUT2D eigenvalue weighted by Crippen LogP contribution is -2.44. The summed E-state index contributed by atoms with van der Waals surface area (Å²) in [7, 11) is -0.228. The van der Waals surface area contributed by atoms with Crippen LogP contribution >= 0.6 is 0 Å². The van der Waals surface area contributed by atoms with Crippen molar-refractivity contribution in [2.45, 2.75) is 50.9 Å². The summed E-state index contributed by atoms with van der Waals surface area (Å²) in [6, 6.07) is 0. The number of methoxy groups -OCH3 is 1. The number of carbonyl (C=O) groups excluding carboxylic acids is 1. The van der Waals surface area contributed by atoms with Crippen molar-refractivity contribution in [3.05, 3.63) is 12.2 Å². The maximum Gasteiger partial charge on any atom is 0.308 e. The maximum absolute atomic E-state index is 11.5. The summed E-state index contributed by atoms with van der Waals surface area (Å²) in [5.41, 5.74) is -0.407. The van der Waals surface area contributed by atoms with E-state index in [9.17, 15) is 4.79 Å². The molecule has 1 aliphatic rings. The van der Waals surface area contributed by atoms with E-state index in [4.69, 9.17) is 9.16 Å². The molecule has 0 aromatic rings. The number of esters is 1. The van der Waals surface area contributed by atoms with Crippen LogP contribution in [0.3, 0.4) is 0 Å². The van der Waals surface area contributed by atoms with Crippen molar-refractivity contribution in [2.75, 3.05) is 7.11 Å². The molecule has 0 saturated carbocycles. The van der Waals surface area contributed by atoms with Gasteiger partial charge in [-0.15, -0.1) is 0 Å². The van der Waals surface area contributed by atoms with Crippen molar-refractivity contribution >= 4 is 14.3 Å². The normalized spacial score (nSPS) is 25.5. The van der Waals surface area contributed by atoms with E-state index >= 15 is 0 Å². The van der Waals surface area contributed by atoms with Gasteiger partial charge in [0.15, 0.2) is 8.32 Å². The summed E-state index contributed by atoms with van der Waals surface area (Å²) < 4.78 is 10.9. The first kappa shape index (κ1) is 13.5. The molecule has 0 radical (unpaired) electrons. The number of rotatable bonds is 4. The van der Waals surface area contributed by atoms with Crippen LogP contribution in [0, 0.1) is 0 Å². The summed E-state index contributed by atoms with van der Waals surface area (Å²) in [5.74, 6) is -0.190. The van der Waals surface area contributed by atoms with E-state index in [1.165, 1.54) is 7.11 Å². The van der Waals surface area contributed by atoms with Crippen molar-refractivity contribution in [2.24, 2.45) is 0 Å². The Bertz CT molecular complexity index is 280. The molecule has 92 valence electrons. The van der Waals surface area contributed by atoms with Gasteiger partial charge in [-0.2, -0.15) is 0 Å². The minimum Gasteiger partial charge on any atom is -0.469 e. The summed E-state index contributed by atoms with van der Waals surface area (Å²) in [6.07, 6.45) is 7.60. The third-order valence-electron chi connectivity index (χ3n) is 2.57.